The van der Waals surface area contributed by atoms with E-state index in [-0.39, 0.29) is 0 Å². The lowest BCUT2D eigenvalue weighted by Gasteiger charge is -2.11. The third-order valence-corrected chi connectivity index (χ3v) is 5.06. The Bertz CT molecular complexity index is 1010. The Morgan fingerprint density at radius 3 is 2.46 bits per heavy atom. The molecule has 0 fully saturated rings. The lowest BCUT2D eigenvalue weighted by atomic mass is 10.0. The molecule has 0 aliphatic rings. The molecule has 0 radical (unpaired) electrons. The number of rotatable bonds is 7. The summed E-state index contributed by atoms with van der Waals surface area (Å²) in [5.41, 5.74) is 7.67. The quantitative estimate of drug-likeness (QED) is 0.466. The number of imidazole rings is 1. The summed E-state index contributed by atoms with van der Waals surface area (Å²) < 4.78 is 2.27. The summed E-state index contributed by atoms with van der Waals surface area (Å²) in [6.45, 7) is 5.04. The van der Waals surface area contributed by atoms with Crippen LogP contribution >= 0.6 is 0 Å². The van der Waals surface area contributed by atoms with Crippen LogP contribution in [-0.4, -0.2) is 24.7 Å². The smallest absolute Gasteiger partial charge is 0.0964 e. The standard InChI is InChI=1S/C23H25N5/c1-17-21(18(2)27-26-17)23-22(19-10-4-3-5-11-19)25-16-28(23)15-9-7-13-20-12-6-8-14-24-20/h3-6,8,10-12,14,16H,7,9,13,15H2,1-2H3,(H,26,27). The molecule has 0 aliphatic carbocycles. The second-order valence-corrected chi connectivity index (χ2v) is 7.09. The van der Waals surface area contributed by atoms with E-state index in [1.807, 2.05) is 37.6 Å². The summed E-state index contributed by atoms with van der Waals surface area (Å²) in [5.74, 6) is 0. The summed E-state index contributed by atoms with van der Waals surface area (Å²) in [7, 11) is 0. The monoisotopic (exact) mass is 371 g/mol. The molecule has 0 spiro atoms. The number of nitrogens with one attached hydrogen (secondary N) is 1. The molecule has 0 saturated heterocycles. The average Bonchev–Trinajstić information content (AvgIpc) is 3.29. The van der Waals surface area contributed by atoms with E-state index in [1.165, 1.54) is 0 Å². The van der Waals surface area contributed by atoms with Gasteiger partial charge in [0.15, 0.2) is 0 Å². The van der Waals surface area contributed by atoms with Crippen molar-refractivity contribution in [2.75, 3.05) is 0 Å². The molecule has 3 heterocycles. The molecule has 0 saturated carbocycles. The van der Waals surface area contributed by atoms with Crippen molar-refractivity contribution in [3.8, 4) is 22.5 Å². The number of aromatic nitrogens is 5. The predicted octanol–water partition coefficient (Wildman–Crippen LogP) is 4.97. The number of nitrogens with zero attached hydrogens (tertiary/aromatic N) is 4. The first-order chi connectivity index (χ1) is 13.7. The number of aromatic amines is 1. The SMILES string of the molecule is Cc1n[nH]c(C)c1-c1c(-c2ccccc2)ncn1CCCCc1ccccn1. The average molecular weight is 371 g/mol. The Morgan fingerprint density at radius 1 is 0.929 bits per heavy atom. The van der Waals surface area contributed by atoms with E-state index in [0.717, 1.165) is 65.4 Å². The van der Waals surface area contributed by atoms with Crippen molar-refractivity contribution >= 4 is 0 Å². The van der Waals surface area contributed by atoms with Crippen LogP contribution in [0.25, 0.3) is 22.5 Å². The molecule has 0 bridgehead atoms. The normalized spacial score (nSPS) is 11.1. The first-order valence-corrected chi connectivity index (χ1v) is 9.76. The topological polar surface area (TPSA) is 59.4 Å². The number of pyridine rings is 1. The van der Waals surface area contributed by atoms with Crippen LogP contribution in [0.3, 0.4) is 0 Å². The van der Waals surface area contributed by atoms with Gasteiger partial charge in [-0.2, -0.15) is 5.10 Å². The largest absolute Gasteiger partial charge is 0.330 e. The van der Waals surface area contributed by atoms with Crippen molar-refractivity contribution in [1.82, 2.24) is 24.7 Å². The highest BCUT2D eigenvalue weighted by Crippen LogP contribution is 2.34. The second-order valence-electron chi connectivity index (χ2n) is 7.09. The summed E-state index contributed by atoms with van der Waals surface area (Å²) in [4.78, 5) is 9.19. The van der Waals surface area contributed by atoms with Crippen LogP contribution in [0.2, 0.25) is 0 Å². The highest BCUT2D eigenvalue weighted by molar-refractivity contribution is 5.80. The lowest BCUT2D eigenvalue weighted by molar-refractivity contribution is 0.609. The van der Waals surface area contributed by atoms with Gasteiger partial charge in [-0.3, -0.25) is 10.1 Å². The van der Waals surface area contributed by atoms with Gasteiger partial charge in [0.25, 0.3) is 0 Å². The van der Waals surface area contributed by atoms with Crippen LogP contribution < -0.4 is 0 Å². The van der Waals surface area contributed by atoms with Crippen molar-refractivity contribution in [2.45, 2.75) is 39.7 Å². The number of unbranched alkanes of at least 4 members (excludes halogenated alkanes) is 1. The molecular formula is C23H25N5. The molecule has 5 heteroatoms. The Kier molecular flexibility index (Phi) is 5.33. The van der Waals surface area contributed by atoms with Crippen molar-refractivity contribution in [3.63, 3.8) is 0 Å². The molecule has 5 nitrogen and oxygen atoms in total. The third kappa shape index (κ3) is 3.74. The summed E-state index contributed by atoms with van der Waals surface area (Å²) >= 11 is 0. The van der Waals surface area contributed by atoms with E-state index in [2.05, 4.69) is 57.0 Å². The van der Waals surface area contributed by atoms with Crippen LogP contribution in [-0.2, 0) is 13.0 Å². The maximum atomic E-state index is 4.77. The second kappa shape index (κ2) is 8.21. The van der Waals surface area contributed by atoms with Gasteiger partial charge in [-0.05, 0) is 45.2 Å². The van der Waals surface area contributed by atoms with Gasteiger partial charge < -0.3 is 4.57 Å². The number of hydrogen-bond acceptors (Lipinski definition) is 3. The highest BCUT2D eigenvalue weighted by Gasteiger charge is 2.20. The van der Waals surface area contributed by atoms with Gasteiger partial charge in [-0.1, -0.05) is 36.4 Å². The molecule has 4 aromatic rings. The molecule has 0 unspecified atom stereocenters. The van der Waals surface area contributed by atoms with E-state index in [4.69, 9.17) is 4.98 Å². The van der Waals surface area contributed by atoms with Gasteiger partial charge in [0.1, 0.15) is 0 Å². The fourth-order valence-electron chi connectivity index (χ4n) is 3.66. The molecule has 0 atom stereocenters. The maximum Gasteiger partial charge on any atom is 0.0964 e. The van der Waals surface area contributed by atoms with Crippen molar-refractivity contribution in [1.29, 1.82) is 0 Å². The van der Waals surface area contributed by atoms with E-state index in [0.29, 0.717) is 0 Å². The fourth-order valence-corrected chi connectivity index (χ4v) is 3.66. The van der Waals surface area contributed by atoms with Gasteiger partial charge in [0, 0.05) is 35.3 Å². The third-order valence-electron chi connectivity index (χ3n) is 5.06. The van der Waals surface area contributed by atoms with Crippen LogP contribution in [0.1, 0.15) is 29.9 Å². The molecule has 28 heavy (non-hydrogen) atoms. The Hall–Kier alpha value is -3.21. The van der Waals surface area contributed by atoms with Gasteiger partial charge >= 0.3 is 0 Å². The summed E-state index contributed by atoms with van der Waals surface area (Å²) in [5, 5.41) is 7.53. The lowest BCUT2D eigenvalue weighted by Crippen LogP contribution is -2.02. The number of benzene rings is 1. The van der Waals surface area contributed by atoms with E-state index < -0.39 is 0 Å². The number of hydrogen-bond donors (Lipinski definition) is 1. The van der Waals surface area contributed by atoms with Gasteiger partial charge in [0.05, 0.1) is 23.4 Å². The van der Waals surface area contributed by atoms with Crippen LogP contribution in [0.4, 0.5) is 0 Å². The number of aryl methyl sites for hydroxylation is 4. The predicted molar refractivity (Wildman–Crippen MR) is 112 cm³/mol. The van der Waals surface area contributed by atoms with Gasteiger partial charge in [0.2, 0.25) is 0 Å². The molecule has 1 N–H and O–H groups in total. The minimum absolute atomic E-state index is 0.923. The Morgan fingerprint density at radius 2 is 1.75 bits per heavy atom. The molecule has 1 aromatic carbocycles. The zero-order chi connectivity index (χ0) is 19.3. The van der Waals surface area contributed by atoms with Crippen LogP contribution in [0, 0.1) is 13.8 Å². The van der Waals surface area contributed by atoms with E-state index in [1.54, 1.807) is 0 Å². The summed E-state index contributed by atoms with van der Waals surface area (Å²) in [6, 6.07) is 16.5. The van der Waals surface area contributed by atoms with Crippen molar-refractivity contribution in [3.05, 3.63) is 78.1 Å². The molecule has 0 amide bonds. The van der Waals surface area contributed by atoms with Crippen molar-refractivity contribution in [2.24, 2.45) is 0 Å². The van der Waals surface area contributed by atoms with Crippen molar-refractivity contribution < 1.29 is 0 Å². The molecule has 4 rings (SSSR count). The minimum atomic E-state index is 0.923. The zero-order valence-electron chi connectivity index (χ0n) is 16.4. The molecule has 3 aromatic heterocycles. The molecule has 142 valence electrons. The minimum Gasteiger partial charge on any atom is -0.330 e. The van der Waals surface area contributed by atoms with E-state index >= 15 is 0 Å². The van der Waals surface area contributed by atoms with Crippen LogP contribution in [0.5, 0.6) is 0 Å². The van der Waals surface area contributed by atoms with Gasteiger partial charge in [-0.15, -0.1) is 0 Å². The highest BCUT2D eigenvalue weighted by atomic mass is 15.1. The zero-order valence-corrected chi connectivity index (χ0v) is 16.4. The summed E-state index contributed by atoms with van der Waals surface area (Å²) in [6.07, 6.45) is 6.99. The maximum absolute atomic E-state index is 4.77. The fraction of sp³-hybridized carbons (Fsp3) is 0.261. The van der Waals surface area contributed by atoms with Crippen LogP contribution in [0.15, 0.2) is 61.1 Å². The number of H-pyrrole nitrogens is 1. The Balaban J connectivity index is 1.60. The molecule has 0 aliphatic heterocycles. The molecular weight excluding hydrogens is 346 g/mol. The first-order valence-electron chi connectivity index (χ1n) is 9.76. The van der Waals surface area contributed by atoms with E-state index in [9.17, 15) is 0 Å². The Labute approximate surface area is 165 Å². The first kappa shape index (κ1) is 18.2. The van der Waals surface area contributed by atoms with Gasteiger partial charge in [-0.25, -0.2) is 4.98 Å².